The van der Waals surface area contributed by atoms with Gasteiger partial charge in [-0.05, 0) is 37.6 Å². The van der Waals surface area contributed by atoms with E-state index in [-0.39, 0.29) is 17.7 Å². The van der Waals surface area contributed by atoms with E-state index in [1.807, 2.05) is 25.1 Å². The second kappa shape index (κ2) is 7.05. The Kier molecular flexibility index (Phi) is 5.12. The van der Waals surface area contributed by atoms with Gasteiger partial charge in [0, 0.05) is 30.3 Å². The van der Waals surface area contributed by atoms with Crippen LogP contribution >= 0.6 is 0 Å². The zero-order valence-electron chi connectivity index (χ0n) is 11.7. The van der Waals surface area contributed by atoms with Gasteiger partial charge < -0.3 is 16.0 Å². The molecule has 0 aliphatic heterocycles. The molecule has 0 saturated heterocycles. The highest BCUT2D eigenvalue weighted by molar-refractivity contribution is 5.95. The van der Waals surface area contributed by atoms with Crippen LogP contribution in [0, 0.1) is 5.92 Å². The Morgan fingerprint density at radius 2 is 1.90 bits per heavy atom. The summed E-state index contributed by atoms with van der Waals surface area (Å²) in [5, 5.41) is 8.80. The minimum absolute atomic E-state index is 0.0309. The molecule has 1 aromatic carbocycles. The molecule has 0 heterocycles. The molecule has 0 unspecified atom stereocenters. The van der Waals surface area contributed by atoms with E-state index in [0.29, 0.717) is 18.7 Å². The summed E-state index contributed by atoms with van der Waals surface area (Å²) in [7, 11) is 0. The van der Waals surface area contributed by atoms with Crippen LogP contribution in [0.5, 0.6) is 0 Å². The lowest BCUT2D eigenvalue weighted by Crippen LogP contribution is -2.21. The maximum absolute atomic E-state index is 11.7. The van der Waals surface area contributed by atoms with Gasteiger partial charge in [0.05, 0.1) is 0 Å². The number of hydrogen-bond donors (Lipinski definition) is 3. The van der Waals surface area contributed by atoms with Crippen LogP contribution in [0.1, 0.15) is 26.2 Å². The van der Waals surface area contributed by atoms with Gasteiger partial charge in [-0.3, -0.25) is 9.59 Å². The second-order valence-corrected chi connectivity index (χ2v) is 5.00. The molecule has 0 bridgehead atoms. The van der Waals surface area contributed by atoms with Gasteiger partial charge >= 0.3 is 0 Å². The lowest BCUT2D eigenvalue weighted by molar-refractivity contribution is -0.117. The van der Waals surface area contributed by atoms with Crippen LogP contribution in [-0.4, -0.2) is 24.9 Å². The Morgan fingerprint density at radius 3 is 2.55 bits per heavy atom. The highest BCUT2D eigenvalue weighted by Crippen LogP contribution is 2.30. The van der Waals surface area contributed by atoms with E-state index in [4.69, 9.17) is 0 Å². The summed E-state index contributed by atoms with van der Waals surface area (Å²) < 4.78 is 0. The van der Waals surface area contributed by atoms with E-state index in [1.165, 1.54) is 0 Å². The van der Waals surface area contributed by atoms with Gasteiger partial charge in [-0.25, -0.2) is 0 Å². The topological polar surface area (TPSA) is 70.2 Å². The first-order chi connectivity index (χ1) is 9.69. The molecule has 1 aliphatic carbocycles. The number of hydrogen-bond acceptors (Lipinski definition) is 3. The lowest BCUT2D eigenvalue weighted by atomic mass is 10.2. The molecule has 2 amide bonds. The molecule has 5 heteroatoms. The fraction of sp³-hybridized carbons (Fsp3) is 0.467. The van der Waals surface area contributed by atoms with Crippen LogP contribution < -0.4 is 16.0 Å². The van der Waals surface area contributed by atoms with Gasteiger partial charge in [-0.2, -0.15) is 0 Å². The molecule has 108 valence electrons. The number of carbonyl (C=O) groups excluding carboxylic acids is 2. The maximum atomic E-state index is 11.7. The highest BCUT2D eigenvalue weighted by Gasteiger charge is 2.29. The van der Waals surface area contributed by atoms with E-state index in [9.17, 15) is 9.59 Å². The van der Waals surface area contributed by atoms with Crippen molar-refractivity contribution in [3.05, 3.63) is 24.3 Å². The Balaban J connectivity index is 1.85. The van der Waals surface area contributed by atoms with Crippen LogP contribution in [0.4, 0.5) is 11.4 Å². The minimum Gasteiger partial charge on any atom is -0.326 e. The Labute approximate surface area is 119 Å². The first kappa shape index (κ1) is 14.5. The minimum atomic E-state index is -0.0309. The average Bonchev–Trinajstić information content (AvgIpc) is 3.23. The molecule has 1 aromatic rings. The molecule has 0 aromatic heterocycles. The molecule has 1 fully saturated rings. The SMILES string of the molecule is CCNCCC(=O)Nc1cccc(NC(=O)C2CC2)c1. The largest absolute Gasteiger partial charge is 0.326 e. The number of benzene rings is 1. The number of amides is 2. The van der Waals surface area contributed by atoms with Gasteiger partial charge in [-0.15, -0.1) is 0 Å². The standard InChI is InChI=1S/C15H21N3O2/c1-2-16-9-8-14(19)17-12-4-3-5-13(10-12)18-15(20)11-6-7-11/h3-5,10-11,16H,2,6-9H2,1H3,(H,17,19)(H,18,20). The van der Waals surface area contributed by atoms with Gasteiger partial charge in [0.15, 0.2) is 0 Å². The van der Waals surface area contributed by atoms with Gasteiger partial charge in [0.25, 0.3) is 0 Å². The third kappa shape index (κ3) is 4.66. The van der Waals surface area contributed by atoms with Crippen LogP contribution in [0.3, 0.4) is 0 Å². The summed E-state index contributed by atoms with van der Waals surface area (Å²) in [5.74, 6) is 0.214. The molecule has 1 aliphatic rings. The summed E-state index contributed by atoms with van der Waals surface area (Å²) in [6.45, 7) is 3.53. The number of anilines is 2. The van der Waals surface area contributed by atoms with E-state index in [1.54, 1.807) is 6.07 Å². The van der Waals surface area contributed by atoms with Crippen molar-refractivity contribution in [3.8, 4) is 0 Å². The van der Waals surface area contributed by atoms with Crippen molar-refractivity contribution in [1.82, 2.24) is 5.32 Å². The van der Waals surface area contributed by atoms with Gasteiger partial charge in [0.2, 0.25) is 11.8 Å². The summed E-state index contributed by atoms with van der Waals surface area (Å²) in [6.07, 6.45) is 2.39. The lowest BCUT2D eigenvalue weighted by Gasteiger charge is -2.08. The highest BCUT2D eigenvalue weighted by atomic mass is 16.2. The number of nitrogens with one attached hydrogen (secondary N) is 3. The Morgan fingerprint density at radius 1 is 1.20 bits per heavy atom. The number of carbonyl (C=O) groups is 2. The summed E-state index contributed by atoms with van der Waals surface area (Å²) in [4.78, 5) is 23.4. The molecular formula is C15H21N3O2. The van der Waals surface area contributed by atoms with E-state index < -0.39 is 0 Å². The average molecular weight is 275 g/mol. The van der Waals surface area contributed by atoms with Crippen LogP contribution in [-0.2, 0) is 9.59 Å². The third-order valence-electron chi connectivity index (χ3n) is 3.14. The molecule has 20 heavy (non-hydrogen) atoms. The fourth-order valence-electron chi connectivity index (χ4n) is 1.87. The monoisotopic (exact) mass is 275 g/mol. The Hall–Kier alpha value is -1.88. The fourth-order valence-corrected chi connectivity index (χ4v) is 1.87. The van der Waals surface area contributed by atoms with Gasteiger partial charge in [-0.1, -0.05) is 13.0 Å². The van der Waals surface area contributed by atoms with E-state index in [0.717, 1.165) is 25.1 Å². The van der Waals surface area contributed by atoms with Crippen molar-refractivity contribution in [2.75, 3.05) is 23.7 Å². The first-order valence-electron chi connectivity index (χ1n) is 7.10. The predicted molar refractivity (Wildman–Crippen MR) is 79.6 cm³/mol. The van der Waals surface area contributed by atoms with Crippen molar-refractivity contribution >= 4 is 23.2 Å². The van der Waals surface area contributed by atoms with Crippen molar-refractivity contribution in [1.29, 1.82) is 0 Å². The Bertz CT molecular complexity index is 484. The maximum Gasteiger partial charge on any atom is 0.227 e. The van der Waals surface area contributed by atoms with Crippen LogP contribution in [0.25, 0.3) is 0 Å². The summed E-state index contributed by atoms with van der Waals surface area (Å²) >= 11 is 0. The second-order valence-electron chi connectivity index (χ2n) is 5.00. The molecule has 0 atom stereocenters. The molecule has 5 nitrogen and oxygen atoms in total. The van der Waals surface area contributed by atoms with E-state index >= 15 is 0 Å². The number of rotatable bonds is 7. The van der Waals surface area contributed by atoms with Gasteiger partial charge in [0.1, 0.15) is 0 Å². The normalized spacial score (nSPS) is 13.8. The summed E-state index contributed by atoms with van der Waals surface area (Å²) in [5.41, 5.74) is 1.44. The molecule has 1 saturated carbocycles. The van der Waals surface area contributed by atoms with Crippen molar-refractivity contribution in [3.63, 3.8) is 0 Å². The van der Waals surface area contributed by atoms with Crippen LogP contribution in [0.15, 0.2) is 24.3 Å². The molecule has 3 N–H and O–H groups in total. The molecule has 0 spiro atoms. The molecule has 0 radical (unpaired) electrons. The quantitative estimate of drug-likeness (QED) is 0.666. The molecular weight excluding hydrogens is 254 g/mol. The van der Waals surface area contributed by atoms with Crippen molar-refractivity contribution < 1.29 is 9.59 Å². The van der Waals surface area contributed by atoms with Crippen LogP contribution in [0.2, 0.25) is 0 Å². The smallest absolute Gasteiger partial charge is 0.227 e. The van der Waals surface area contributed by atoms with Crippen molar-refractivity contribution in [2.24, 2.45) is 5.92 Å². The summed E-state index contributed by atoms with van der Waals surface area (Å²) in [6, 6.07) is 7.25. The molecule has 2 rings (SSSR count). The zero-order valence-corrected chi connectivity index (χ0v) is 11.7. The van der Waals surface area contributed by atoms with E-state index in [2.05, 4.69) is 16.0 Å². The zero-order chi connectivity index (χ0) is 14.4. The first-order valence-corrected chi connectivity index (χ1v) is 7.10. The van der Waals surface area contributed by atoms with Crippen molar-refractivity contribution in [2.45, 2.75) is 26.2 Å². The third-order valence-corrected chi connectivity index (χ3v) is 3.14. The predicted octanol–water partition coefficient (Wildman–Crippen LogP) is 1.97.